The van der Waals surface area contributed by atoms with Crippen LogP contribution >= 0.6 is 23.2 Å². The number of rotatable bonds is 3. The van der Waals surface area contributed by atoms with Crippen LogP contribution in [0.2, 0.25) is 10.0 Å². The second-order valence-electron chi connectivity index (χ2n) is 7.57. The van der Waals surface area contributed by atoms with Crippen molar-refractivity contribution in [1.29, 1.82) is 5.26 Å². The van der Waals surface area contributed by atoms with Crippen molar-refractivity contribution in [3.8, 4) is 6.07 Å². The molecule has 2 aromatic carbocycles. The summed E-state index contributed by atoms with van der Waals surface area (Å²) in [4.78, 5) is 14.8. The van der Waals surface area contributed by atoms with Crippen LogP contribution in [0.4, 0.5) is 11.4 Å². The first-order valence-electron chi connectivity index (χ1n) is 9.08. The summed E-state index contributed by atoms with van der Waals surface area (Å²) >= 11 is 11.9. The van der Waals surface area contributed by atoms with Gasteiger partial charge < -0.3 is 10.2 Å². The highest BCUT2D eigenvalue weighted by Crippen LogP contribution is 2.38. The van der Waals surface area contributed by atoms with Crippen LogP contribution in [0.5, 0.6) is 0 Å². The number of amides is 1. The van der Waals surface area contributed by atoms with Gasteiger partial charge in [0.2, 0.25) is 0 Å². The third kappa shape index (κ3) is 4.32. The van der Waals surface area contributed by atoms with Crippen molar-refractivity contribution in [3.05, 3.63) is 69.2 Å². The smallest absolute Gasteiger partial charge is 0.266 e. The van der Waals surface area contributed by atoms with Gasteiger partial charge >= 0.3 is 0 Å². The monoisotopic (exact) mass is 425 g/mol. The normalized spacial score (nSPS) is 15.3. The van der Waals surface area contributed by atoms with Crippen LogP contribution in [-0.2, 0) is 4.79 Å². The zero-order valence-electron chi connectivity index (χ0n) is 16.7. The molecular formula is C23H21Cl2N3O. The first kappa shape index (κ1) is 21.0. The molecule has 0 saturated carbocycles. The Labute approximate surface area is 181 Å². The van der Waals surface area contributed by atoms with Gasteiger partial charge in [-0.25, -0.2) is 0 Å². The molecule has 2 aromatic rings. The van der Waals surface area contributed by atoms with E-state index in [1.54, 1.807) is 24.3 Å². The fourth-order valence-electron chi connectivity index (χ4n) is 3.35. The van der Waals surface area contributed by atoms with Gasteiger partial charge in [-0.2, -0.15) is 5.26 Å². The number of nitriles is 1. The molecule has 0 atom stereocenters. The highest BCUT2D eigenvalue weighted by Gasteiger charge is 2.28. The van der Waals surface area contributed by atoms with E-state index < -0.39 is 5.91 Å². The van der Waals surface area contributed by atoms with E-state index in [-0.39, 0.29) is 11.1 Å². The summed E-state index contributed by atoms with van der Waals surface area (Å²) in [6.07, 6.45) is 3.80. The maximum Gasteiger partial charge on any atom is 0.266 e. The van der Waals surface area contributed by atoms with E-state index in [0.29, 0.717) is 15.7 Å². The van der Waals surface area contributed by atoms with Crippen LogP contribution in [0.25, 0.3) is 11.6 Å². The molecule has 148 valence electrons. The van der Waals surface area contributed by atoms with Crippen molar-refractivity contribution in [2.75, 3.05) is 17.3 Å². The molecule has 3 rings (SSSR count). The summed E-state index contributed by atoms with van der Waals surface area (Å²) in [5.41, 5.74) is 4.54. The molecule has 1 amide bonds. The average Bonchev–Trinajstić information content (AvgIpc) is 2.67. The number of benzene rings is 2. The maximum atomic E-state index is 12.5. The summed E-state index contributed by atoms with van der Waals surface area (Å²) in [5, 5.41) is 12.9. The molecule has 0 aliphatic carbocycles. The largest absolute Gasteiger partial charge is 0.366 e. The molecule has 1 aliphatic rings. The lowest BCUT2D eigenvalue weighted by Gasteiger charge is -2.40. The van der Waals surface area contributed by atoms with E-state index in [1.807, 2.05) is 24.3 Å². The van der Waals surface area contributed by atoms with Crippen molar-refractivity contribution in [2.45, 2.75) is 26.3 Å². The lowest BCUT2D eigenvalue weighted by molar-refractivity contribution is -0.112. The van der Waals surface area contributed by atoms with Gasteiger partial charge in [0.05, 0.1) is 15.6 Å². The molecular weight excluding hydrogens is 405 g/mol. The van der Waals surface area contributed by atoms with Gasteiger partial charge in [0, 0.05) is 24.0 Å². The second kappa shape index (κ2) is 7.94. The first-order valence-corrected chi connectivity index (χ1v) is 9.84. The predicted octanol–water partition coefficient (Wildman–Crippen LogP) is 6.17. The van der Waals surface area contributed by atoms with E-state index in [1.165, 1.54) is 0 Å². The first-order chi connectivity index (χ1) is 13.6. The van der Waals surface area contributed by atoms with Crippen LogP contribution in [0, 0.1) is 11.3 Å². The summed E-state index contributed by atoms with van der Waals surface area (Å²) in [5.74, 6) is -0.505. The number of allylic oxidation sites excluding steroid dienone is 1. The van der Waals surface area contributed by atoms with Crippen molar-refractivity contribution in [3.63, 3.8) is 0 Å². The number of likely N-dealkylation sites (N-methyl/N-ethyl adjacent to an activating group) is 1. The molecule has 1 heterocycles. The van der Waals surface area contributed by atoms with Crippen LogP contribution < -0.4 is 10.2 Å². The molecule has 29 heavy (non-hydrogen) atoms. The highest BCUT2D eigenvalue weighted by atomic mass is 35.5. The molecule has 1 aliphatic heterocycles. The molecule has 0 aromatic heterocycles. The molecule has 0 spiro atoms. The SMILES string of the molecule is CC1=CC(C)(C)N(C)c2ccc(/C=C(\C#N)C(=O)Nc3ccc(Cl)c(Cl)c3)cc21. The van der Waals surface area contributed by atoms with Gasteiger partial charge in [-0.15, -0.1) is 0 Å². The van der Waals surface area contributed by atoms with Crippen molar-refractivity contribution in [1.82, 2.24) is 0 Å². The molecule has 0 unspecified atom stereocenters. The zero-order valence-corrected chi connectivity index (χ0v) is 18.2. The molecule has 0 radical (unpaired) electrons. The number of hydrogen-bond acceptors (Lipinski definition) is 3. The molecule has 1 N–H and O–H groups in total. The Morgan fingerprint density at radius 1 is 1.17 bits per heavy atom. The number of halogens is 2. The Hall–Kier alpha value is -2.74. The topological polar surface area (TPSA) is 56.1 Å². The minimum Gasteiger partial charge on any atom is -0.366 e. The van der Waals surface area contributed by atoms with Gasteiger partial charge in [0.25, 0.3) is 5.91 Å². The van der Waals surface area contributed by atoms with E-state index in [4.69, 9.17) is 23.2 Å². The van der Waals surface area contributed by atoms with Gasteiger partial charge in [0.1, 0.15) is 11.6 Å². The van der Waals surface area contributed by atoms with E-state index in [0.717, 1.165) is 22.4 Å². The fraction of sp³-hybridized carbons (Fsp3) is 0.217. The molecule has 0 saturated heterocycles. The Morgan fingerprint density at radius 2 is 1.90 bits per heavy atom. The number of carbonyl (C=O) groups excluding carboxylic acids is 1. The molecule has 0 fully saturated rings. The van der Waals surface area contributed by atoms with E-state index in [2.05, 4.69) is 44.1 Å². The highest BCUT2D eigenvalue weighted by molar-refractivity contribution is 6.42. The lowest BCUT2D eigenvalue weighted by atomic mass is 9.88. The maximum absolute atomic E-state index is 12.5. The number of carbonyl (C=O) groups is 1. The summed E-state index contributed by atoms with van der Waals surface area (Å²) in [7, 11) is 2.06. The molecule has 6 heteroatoms. The summed E-state index contributed by atoms with van der Waals surface area (Å²) < 4.78 is 0. The quantitative estimate of drug-likeness (QED) is 0.472. The zero-order chi connectivity index (χ0) is 21.3. The molecule has 4 nitrogen and oxygen atoms in total. The minimum absolute atomic E-state index is 0.00199. The average molecular weight is 426 g/mol. The van der Waals surface area contributed by atoms with Crippen molar-refractivity contribution >= 4 is 52.1 Å². The number of hydrogen-bond donors (Lipinski definition) is 1. The van der Waals surface area contributed by atoms with Gasteiger partial charge in [-0.05, 0) is 68.3 Å². The van der Waals surface area contributed by atoms with Gasteiger partial charge in [0.15, 0.2) is 0 Å². The number of nitrogens with one attached hydrogen (secondary N) is 1. The minimum atomic E-state index is -0.505. The van der Waals surface area contributed by atoms with Gasteiger partial charge in [-0.3, -0.25) is 4.79 Å². The van der Waals surface area contributed by atoms with Crippen LogP contribution in [-0.4, -0.2) is 18.5 Å². The summed E-state index contributed by atoms with van der Waals surface area (Å²) in [6, 6.07) is 12.7. The second-order valence-corrected chi connectivity index (χ2v) is 8.38. The number of fused-ring (bicyclic) bond motifs is 1. The standard InChI is InChI=1S/C23H21Cl2N3O/c1-14-12-23(2,3)28(4)21-8-5-15(10-18(14)21)9-16(13-26)22(29)27-17-6-7-19(24)20(25)11-17/h5-12H,1-4H3,(H,27,29)/b16-9+. The third-order valence-electron chi connectivity index (χ3n) is 5.09. The fourth-order valence-corrected chi connectivity index (χ4v) is 3.65. The Bertz CT molecular complexity index is 1090. The summed E-state index contributed by atoms with van der Waals surface area (Å²) in [6.45, 7) is 6.39. The Morgan fingerprint density at radius 3 is 2.55 bits per heavy atom. The van der Waals surface area contributed by atoms with Crippen LogP contribution in [0.15, 0.2) is 48.0 Å². The lowest BCUT2D eigenvalue weighted by Crippen LogP contribution is -2.42. The van der Waals surface area contributed by atoms with Crippen molar-refractivity contribution < 1.29 is 4.79 Å². The Kier molecular flexibility index (Phi) is 5.75. The number of nitrogens with zero attached hydrogens (tertiary/aromatic N) is 2. The van der Waals surface area contributed by atoms with Crippen LogP contribution in [0.3, 0.4) is 0 Å². The van der Waals surface area contributed by atoms with Crippen LogP contribution in [0.1, 0.15) is 31.9 Å². The Balaban J connectivity index is 1.90. The van der Waals surface area contributed by atoms with E-state index in [9.17, 15) is 10.1 Å². The molecule has 0 bridgehead atoms. The predicted molar refractivity (Wildman–Crippen MR) is 121 cm³/mol. The van der Waals surface area contributed by atoms with Crippen molar-refractivity contribution in [2.24, 2.45) is 0 Å². The van der Waals surface area contributed by atoms with E-state index >= 15 is 0 Å². The van der Waals surface area contributed by atoms with Gasteiger partial charge in [-0.1, -0.05) is 35.3 Å². The number of anilines is 2. The third-order valence-corrected chi connectivity index (χ3v) is 5.83.